The van der Waals surface area contributed by atoms with E-state index in [0.717, 1.165) is 20.7 Å². The predicted molar refractivity (Wildman–Crippen MR) is 82.7 cm³/mol. The van der Waals surface area contributed by atoms with E-state index in [1.54, 1.807) is 18.5 Å². The third-order valence-electron chi connectivity index (χ3n) is 2.74. The molecule has 20 heavy (non-hydrogen) atoms. The van der Waals surface area contributed by atoms with Gasteiger partial charge in [0, 0.05) is 16.8 Å². The van der Waals surface area contributed by atoms with Crippen LogP contribution in [0.4, 0.5) is 5.69 Å². The van der Waals surface area contributed by atoms with E-state index in [2.05, 4.69) is 10.3 Å². The minimum atomic E-state index is -0.110. The van der Waals surface area contributed by atoms with E-state index in [1.807, 2.05) is 30.3 Å². The van der Waals surface area contributed by atoms with E-state index in [9.17, 15) is 0 Å². The van der Waals surface area contributed by atoms with Crippen LogP contribution in [0, 0.1) is 0 Å². The smallest absolute Gasteiger partial charge is 0.131 e. The molecule has 1 atom stereocenters. The van der Waals surface area contributed by atoms with Gasteiger partial charge < -0.3 is 9.73 Å². The van der Waals surface area contributed by atoms with Gasteiger partial charge in [-0.1, -0.05) is 23.2 Å². The van der Waals surface area contributed by atoms with Crippen molar-refractivity contribution in [2.45, 2.75) is 6.04 Å². The second-order valence-electron chi connectivity index (χ2n) is 4.10. The summed E-state index contributed by atoms with van der Waals surface area (Å²) in [5, 5.41) is 3.83. The Morgan fingerprint density at radius 2 is 2.10 bits per heavy atom. The maximum Gasteiger partial charge on any atom is 0.131 e. The quantitative estimate of drug-likeness (QED) is 0.666. The SMILES string of the molecule is Clc1cc(NC(c2ccco2)c2ccc(Cl)s2)ccn1. The Kier molecular flexibility index (Phi) is 3.96. The van der Waals surface area contributed by atoms with Gasteiger partial charge in [-0.3, -0.25) is 0 Å². The maximum atomic E-state index is 6.02. The number of hydrogen-bond donors (Lipinski definition) is 1. The summed E-state index contributed by atoms with van der Waals surface area (Å²) in [5.41, 5.74) is 0.871. The van der Waals surface area contributed by atoms with E-state index < -0.39 is 0 Å². The molecular formula is C14H10Cl2N2OS. The van der Waals surface area contributed by atoms with Crippen LogP contribution in [0.1, 0.15) is 16.7 Å². The normalized spacial score (nSPS) is 12.3. The fourth-order valence-corrected chi connectivity index (χ4v) is 3.17. The number of halogens is 2. The van der Waals surface area contributed by atoms with Gasteiger partial charge in [-0.05, 0) is 36.4 Å². The first-order valence-electron chi connectivity index (χ1n) is 5.89. The second kappa shape index (κ2) is 5.87. The number of anilines is 1. The van der Waals surface area contributed by atoms with Gasteiger partial charge in [-0.25, -0.2) is 4.98 Å². The summed E-state index contributed by atoms with van der Waals surface area (Å²) >= 11 is 13.4. The zero-order valence-corrected chi connectivity index (χ0v) is 12.5. The molecule has 0 radical (unpaired) electrons. The van der Waals surface area contributed by atoms with E-state index in [1.165, 1.54) is 11.3 Å². The molecule has 3 aromatic heterocycles. The number of pyridine rings is 1. The molecule has 0 aliphatic heterocycles. The van der Waals surface area contributed by atoms with Crippen LogP contribution in [-0.4, -0.2) is 4.98 Å². The monoisotopic (exact) mass is 324 g/mol. The van der Waals surface area contributed by atoms with Crippen molar-refractivity contribution >= 4 is 40.2 Å². The number of hydrogen-bond acceptors (Lipinski definition) is 4. The highest BCUT2D eigenvalue weighted by molar-refractivity contribution is 7.16. The van der Waals surface area contributed by atoms with E-state index in [0.29, 0.717) is 5.15 Å². The summed E-state index contributed by atoms with van der Waals surface area (Å²) in [6.07, 6.45) is 3.31. The Bertz CT molecular complexity index is 697. The maximum absolute atomic E-state index is 6.02. The van der Waals surface area contributed by atoms with Gasteiger partial charge in [0.05, 0.1) is 10.6 Å². The average Bonchev–Trinajstić information content (AvgIpc) is 3.07. The van der Waals surface area contributed by atoms with Crippen LogP contribution in [0.3, 0.4) is 0 Å². The molecule has 0 saturated heterocycles. The van der Waals surface area contributed by atoms with E-state index >= 15 is 0 Å². The van der Waals surface area contributed by atoms with Gasteiger partial charge in [0.25, 0.3) is 0 Å². The molecule has 0 saturated carbocycles. The zero-order chi connectivity index (χ0) is 13.9. The Morgan fingerprint density at radius 1 is 1.20 bits per heavy atom. The number of thiophene rings is 1. The molecule has 3 rings (SSSR count). The van der Waals surface area contributed by atoms with Crippen LogP contribution >= 0.6 is 34.5 Å². The molecule has 102 valence electrons. The first-order chi connectivity index (χ1) is 9.72. The van der Waals surface area contributed by atoms with Gasteiger partial charge >= 0.3 is 0 Å². The number of nitrogens with one attached hydrogen (secondary N) is 1. The molecule has 3 aromatic rings. The van der Waals surface area contributed by atoms with Crippen LogP contribution < -0.4 is 5.32 Å². The number of aromatic nitrogens is 1. The number of nitrogens with zero attached hydrogens (tertiary/aromatic N) is 1. The minimum absolute atomic E-state index is 0.110. The highest BCUT2D eigenvalue weighted by atomic mass is 35.5. The van der Waals surface area contributed by atoms with Gasteiger partial charge in [0.2, 0.25) is 0 Å². The lowest BCUT2D eigenvalue weighted by Crippen LogP contribution is -2.10. The first-order valence-corrected chi connectivity index (χ1v) is 7.46. The highest BCUT2D eigenvalue weighted by Crippen LogP contribution is 2.34. The molecule has 0 aliphatic rings. The third kappa shape index (κ3) is 2.98. The summed E-state index contributed by atoms with van der Waals surface area (Å²) in [6, 6.07) is 11.2. The summed E-state index contributed by atoms with van der Waals surface area (Å²) < 4.78 is 6.26. The van der Waals surface area contributed by atoms with E-state index in [4.69, 9.17) is 27.6 Å². The van der Waals surface area contributed by atoms with Crippen LogP contribution in [0.15, 0.2) is 53.3 Å². The number of furan rings is 1. The molecule has 0 aromatic carbocycles. The fourth-order valence-electron chi connectivity index (χ4n) is 1.88. The van der Waals surface area contributed by atoms with Gasteiger partial charge in [-0.15, -0.1) is 11.3 Å². The molecule has 0 amide bonds. The van der Waals surface area contributed by atoms with Crippen LogP contribution in [0.25, 0.3) is 0 Å². The van der Waals surface area contributed by atoms with Crippen LogP contribution in [0.5, 0.6) is 0 Å². The lowest BCUT2D eigenvalue weighted by molar-refractivity contribution is 0.501. The van der Waals surface area contributed by atoms with Crippen molar-refractivity contribution in [1.82, 2.24) is 4.98 Å². The van der Waals surface area contributed by atoms with E-state index in [-0.39, 0.29) is 6.04 Å². The lowest BCUT2D eigenvalue weighted by atomic mass is 10.2. The van der Waals surface area contributed by atoms with Crippen molar-refractivity contribution in [2.75, 3.05) is 5.32 Å². The van der Waals surface area contributed by atoms with Crippen LogP contribution in [0.2, 0.25) is 9.49 Å². The van der Waals surface area contributed by atoms with Gasteiger partial charge in [0.15, 0.2) is 0 Å². The fraction of sp³-hybridized carbons (Fsp3) is 0.0714. The van der Waals surface area contributed by atoms with Crippen molar-refractivity contribution in [3.8, 4) is 0 Å². The van der Waals surface area contributed by atoms with Gasteiger partial charge in [-0.2, -0.15) is 0 Å². The second-order valence-corrected chi connectivity index (χ2v) is 6.24. The van der Waals surface area contributed by atoms with Crippen LogP contribution in [-0.2, 0) is 0 Å². The molecule has 1 N–H and O–H groups in total. The summed E-state index contributed by atoms with van der Waals surface area (Å²) in [6.45, 7) is 0. The zero-order valence-electron chi connectivity index (χ0n) is 10.2. The van der Waals surface area contributed by atoms with Crippen molar-refractivity contribution in [1.29, 1.82) is 0 Å². The summed E-state index contributed by atoms with van der Waals surface area (Å²) in [5.74, 6) is 0.816. The van der Waals surface area contributed by atoms with Crippen molar-refractivity contribution < 1.29 is 4.42 Å². The topological polar surface area (TPSA) is 38.1 Å². The number of rotatable bonds is 4. The van der Waals surface area contributed by atoms with Crippen molar-refractivity contribution in [3.63, 3.8) is 0 Å². The largest absolute Gasteiger partial charge is 0.467 e. The molecule has 0 spiro atoms. The average molecular weight is 325 g/mol. The first kappa shape index (κ1) is 13.5. The standard InChI is InChI=1S/C14H10Cl2N2OS/c15-12-8-9(5-6-17-12)18-14(10-2-1-7-19-10)11-3-4-13(16)20-11/h1-8,14H,(H,17,18). The summed E-state index contributed by atoms with van der Waals surface area (Å²) in [4.78, 5) is 5.04. The highest BCUT2D eigenvalue weighted by Gasteiger charge is 2.19. The Balaban J connectivity index is 1.94. The van der Waals surface area contributed by atoms with Gasteiger partial charge in [0.1, 0.15) is 17.0 Å². The molecule has 0 fully saturated rings. The van der Waals surface area contributed by atoms with Crippen molar-refractivity contribution in [3.05, 3.63) is 69.0 Å². The Hall–Kier alpha value is -1.49. The third-order valence-corrected chi connectivity index (χ3v) is 4.25. The molecule has 3 heterocycles. The Morgan fingerprint density at radius 3 is 2.75 bits per heavy atom. The van der Waals surface area contributed by atoms with Crippen molar-refractivity contribution in [2.24, 2.45) is 0 Å². The minimum Gasteiger partial charge on any atom is -0.467 e. The molecule has 6 heteroatoms. The molecular weight excluding hydrogens is 315 g/mol. The lowest BCUT2D eigenvalue weighted by Gasteiger charge is -2.16. The predicted octanol–water partition coefficient (Wildman–Crippen LogP) is 5.24. The molecule has 0 bridgehead atoms. The molecule has 3 nitrogen and oxygen atoms in total. The summed E-state index contributed by atoms with van der Waals surface area (Å²) in [7, 11) is 0. The molecule has 0 aliphatic carbocycles. The Labute approximate surface area is 130 Å². The molecule has 1 unspecified atom stereocenters.